The molecule has 5 heteroatoms. The molecular formula is C16H24N2O3. The van der Waals surface area contributed by atoms with Crippen molar-refractivity contribution in [3.63, 3.8) is 0 Å². The van der Waals surface area contributed by atoms with E-state index in [0.717, 1.165) is 12.0 Å². The molecule has 1 aromatic rings. The maximum absolute atomic E-state index is 11.8. The van der Waals surface area contributed by atoms with Crippen molar-refractivity contribution in [1.82, 2.24) is 5.32 Å². The minimum atomic E-state index is -0.766. The average Bonchev–Trinajstić information content (AvgIpc) is 2.46. The van der Waals surface area contributed by atoms with Crippen LogP contribution in [0.1, 0.15) is 39.2 Å². The Bertz CT molecular complexity index is 471. The number of carbonyl (C=O) groups excluding carboxylic acids is 2. The van der Waals surface area contributed by atoms with E-state index in [0.29, 0.717) is 12.1 Å². The van der Waals surface area contributed by atoms with E-state index >= 15 is 0 Å². The van der Waals surface area contributed by atoms with Gasteiger partial charge in [0.25, 0.3) is 5.91 Å². The number of nitrogen functional groups attached to an aromatic ring is 1. The number of benzene rings is 1. The molecule has 0 saturated carbocycles. The van der Waals surface area contributed by atoms with Crippen LogP contribution in [0.3, 0.4) is 0 Å². The molecule has 21 heavy (non-hydrogen) atoms. The molecule has 0 aromatic heterocycles. The second-order valence-electron chi connectivity index (χ2n) is 5.19. The predicted molar refractivity (Wildman–Crippen MR) is 82.6 cm³/mol. The Morgan fingerprint density at radius 1 is 1.24 bits per heavy atom. The van der Waals surface area contributed by atoms with Crippen molar-refractivity contribution in [3.05, 3.63) is 29.8 Å². The van der Waals surface area contributed by atoms with E-state index in [-0.39, 0.29) is 24.3 Å². The van der Waals surface area contributed by atoms with Crippen LogP contribution in [-0.2, 0) is 20.7 Å². The fourth-order valence-electron chi connectivity index (χ4n) is 1.70. The second-order valence-corrected chi connectivity index (χ2v) is 5.19. The van der Waals surface area contributed by atoms with Gasteiger partial charge in [-0.1, -0.05) is 19.1 Å². The van der Waals surface area contributed by atoms with Crippen LogP contribution < -0.4 is 11.1 Å². The summed E-state index contributed by atoms with van der Waals surface area (Å²) >= 11 is 0. The standard InChI is InChI=1S/C16H24N2O3/c1-4-11(2)18-16(20)12(3)21-15(19)10-7-13-5-8-14(17)9-6-13/h5-6,8-9,11-12H,4,7,10,17H2,1-3H3,(H,18,20). The number of nitrogens with two attached hydrogens (primary N) is 1. The van der Waals surface area contributed by atoms with E-state index in [1.807, 2.05) is 26.0 Å². The molecule has 0 radical (unpaired) electrons. The first-order chi connectivity index (χ1) is 9.92. The third-order valence-corrected chi connectivity index (χ3v) is 3.28. The normalized spacial score (nSPS) is 13.3. The van der Waals surface area contributed by atoms with Crippen molar-refractivity contribution >= 4 is 17.6 Å². The van der Waals surface area contributed by atoms with Crippen LogP contribution in [-0.4, -0.2) is 24.0 Å². The topological polar surface area (TPSA) is 81.4 Å². The largest absolute Gasteiger partial charge is 0.453 e. The summed E-state index contributed by atoms with van der Waals surface area (Å²) in [4.78, 5) is 23.5. The van der Waals surface area contributed by atoms with Crippen molar-refractivity contribution in [2.75, 3.05) is 5.73 Å². The van der Waals surface area contributed by atoms with Gasteiger partial charge in [-0.25, -0.2) is 0 Å². The second kappa shape index (κ2) is 8.29. The number of nitrogens with one attached hydrogen (secondary N) is 1. The molecule has 0 aliphatic carbocycles. The molecular weight excluding hydrogens is 268 g/mol. The van der Waals surface area contributed by atoms with Crippen LogP contribution in [0.2, 0.25) is 0 Å². The zero-order valence-corrected chi connectivity index (χ0v) is 12.9. The zero-order valence-electron chi connectivity index (χ0n) is 12.9. The van der Waals surface area contributed by atoms with Crippen LogP contribution in [0.4, 0.5) is 5.69 Å². The van der Waals surface area contributed by atoms with Gasteiger partial charge in [-0.3, -0.25) is 9.59 Å². The Balaban J connectivity index is 2.35. The molecule has 1 rings (SSSR count). The maximum Gasteiger partial charge on any atom is 0.306 e. The predicted octanol–water partition coefficient (Wildman–Crippen LogP) is 2.05. The molecule has 0 spiro atoms. The maximum atomic E-state index is 11.8. The highest BCUT2D eigenvalue weighted by molar-refractivity contribution is 5.83. The number of ether oxygens (including phenoxy) is 1. The van der Waals surface area contributed by atoms with Crippen molar-refractivity contribution in [1.29, 1.82) is 0 Å². The van der Waals surface area contributed by atoms with Gasteiger partial charge in [-0.2, -0.15) is 0 Å². The van der Waals surface area contributed by atoms with Crippen molar-refractivity contribution < 1.29 is 14.3 Å². The Kier molecular flexibility index (Phi) is 6.72. The molecule has 3 N–H and O–H groups in total. The zero-order chi connectivity index (χ0) is 15.8. The summed E-state index contributed by atoms with van der Waals surface area (Å²) in [5.41, 5.74) is 7.30. The molecule has 2 unspecified atom stereocenters. The first-order valence-corrected chi connectivity index (χ1v) is 7.26. The number of aryl methyl sites for hydroxylation is 1. The summed E-state index contributed by atoms with van der Waals surface area (Å²) in [7, 11) is 0. The summed E-state index contributed by atoms with van der Waals surface area (Å²) in [6.45, 7) is 5.47. The lowest BCUT2D eigenvalue weighted by Gasteiger charge is -2.16. The minimum Gasteiger partial charge on any atom is -0.453 e. The van der Waals surface area contributed by atoms with E-state index in [2.05, 4.69) is 5.32 Å². The molecule has 0 saturated heterocycles. The number of hydrogen-bond acceptors (Lipinski definition) is 4. The van der Waals surface area contributed by atoms with Crippen LogP contribution in [0.15, 0.2) is 24.3 Å². The fourth-order valence-corrected chi connectivity index (χ4v) is 1.70. The fraction of sp³-hybridized carbons (Fsp3) is 0.500. The number of rotatable bonds is 7. The van der Waals surface area contributed by atoms with Gasteiger partial charge in [-0.15, -0.1) is 0 Å². The van der Waals surface area contributed by atoms with Crippen molar-refractivity contribution in [2.24, 2.45) is 0 Å². The van der Waals surface area contributed by atoms with Crippen LogP contribution in [0, 0.1) is 0 Å². The molecule has 1 amide bonds. The van der Waals surface area contributed by atoms with Gasteiger partial charge in [0.1, 0.15) is 0 Å². The Morgan fingerprint density at radius 3 is 2.43 bits per heavy atom. The van der Waals surface area contributed by atoms with Gasteiger partial charge >= 0.3 is 5.97 Å². The average molecular weight is 292 g/mol. The van der Waals surface area contributed by atoms with Crippen molar-refractivity contribution in [2.45, 2.75) is 52.2 Å². The van der Waals surface area contributed by atoms with E-state index in [4.69, 9.17) is 10.5 Å². The van der Waals surface area contributed by atoms with Crippen LogP contribution in [0.5, 0.6) is 0 Å². The van der Waals surface area contributed by atoms with Gasteiger partial charge in [0, 0.05) is 18.2 Å². The summed E-state index contributed by atoms with van der Waals surface area (Å²) in [5, 5.41) is 2.78. The smallest absolute Gasteiger partial charge is 0.306 e. The van der Waals surface area contributed by atoms with Gasteiger partial charge in [0.15, 0.2) is 6.10 Å². The van der Waals surface area contributed by atoms with E-state index in [1.165, 1.54) is 0 Å². The summed E-state index contributed by atoms with van der Waals surface area (Å²) < 4.78 is 5.13. The van der Waals surface area contributed by atoms with E-state index in [9.17, 15) is 9.59 Å². The Hall–Kier alpha value is -2.04. The van der Waals surface area contributed by atoms with Crippen LogP contribution >= 0.6 is 0 Å². The first kappa shape index (κ1) is 17.0. The molecule has 0 bridgehead atoms. The minimum absolute atomic E-state index is 0.0772. The monoisotopic (exact) mass is 292 g/mol. The van der Waals surface area contributed by atoms with Gasteiger partial charge in [-0.05, 0) is 44.4 Å². The third-order valence-electron chi connectivity index (χ3n) is 3.28. The van der Waals surface area contributed by atoms with Gasteiger partial charge in [0.05, 0.1) is 0 Å². The number of hydrogen-bond donors (Lipinski definition) is 2. The highest BCUT2D eigenvalue weighted by Gasteiger charge is 2.18. The summed E-state index contributed by atoms with van der Waals surface area (Å²) in [6, 6.07) is 7.42. The molecule has 0 aliphatic heterocycles. The quantitative estimate of drug-likeness (QED) is 0.595. The number of amides is 1. The Labute approximate surface area is 125 Å². The van der Waals surface area contributed by atoms with Gasteiger partial charge < -0.3 is 15.8 Å². The lowest BCUT2D eigenvalue weighted by molar-refractivity contribution is -0.155. The van der Waals surface area contributed by atoms with Gasteiger partial charge in [0.2, 0.25) is 0 Å². The third kappa shape index (κ3) is 6.29. The molecule has 116 valence electrons. The molecule has 0 aliphatic rings. The number of carbonyl (C=O) groups is 2. The first-order valence-electron chi connectivity index (χ1n) is 7.26. The molecule has 0 heterocycles. The highest BCUT2D eigenvalue weighted by atomic mass is 16.5. The lowest BCUT2D eigenvalue weighted by atomic mass is 10.1. The molecule has 0 fully saturated rings. The van der Waals surface area contributed by atoms with E-state index < -0.39 is 6.10 Å². The van der Waals surface area contributed by atoms with E-state index in [1.54, 1.807) is 19.1 Å². The van der Waals surface area contributed by atoms with Crippen LogP contribution in [0.25, 0.3) is 0 Å². The number of esters is 1. The number of anilines is 1. The lowest BCUT2D eigenvalue weighted by Crippen LogP contribution is -2.40. The molecule has 1 aromatic carbocycles. The van der Waals surface area contributed by atoms with Crippen molar-refractivity contribution in [3.8, 4) is 0 Å². The molecule has 5 nitrogen and oxygen atoms in total. The highest BCUT2D eigenvalue weighted by Crippen LogP contribution is 2.08. The summed E-state index contributed by atoms with van der Waals surface area (Å²) in [6.07, 6.45) is 0.880. The Morgan fingerprint density at radius 2 is 1.86 bits per heavy atom. The SMILES string of the molecule is CCC(C)NC(=O)C(C)OC(=O)CCc1ccc(N)cc1. The summed E-state index contributed by atoms with van der Waals surface area (Å²) in [5.74, 6) is -0.635. The molecule has 2 atom stereocenters.